The van der Waals surface area contributed by atoms with Crippen LogP contribution in [0, 0.1) is 0 Å². The van der Waals surface area contributed by atoms with Gasteiger partial charge in [0.2, 0.25) is 0 Å². The molecule has 2 fully saturated rings. The van der Waals surface area contributed by atoms with Gasteiger partial charge in [0, 0.05) is 67.6 Å². The van der Waals surface area contributed by atoms with Gasteiger partial charge < -0.3 is 19.9 Å². The predicted octanol–water partition coefficient (Wildman–Crippen LogP) is 3.82. The Morgan fingerprint density at radius 3 is 2.56 bits per heavy atom. The summed E-state index contributed by atoms with van der Waals surface area (Å²) in [6.07, 6.45) is 5.29. The smallest absolute Gasteiger partial charge is 0.275 e. The van der Waals surface area contributed by atoms with Crippen LogP contribution >= 0.6 is 0 Å². The molecule has 0 spiro atoms. The zero-order valence-corrected chi connectivity index (χ0v) is 22.1. The number of nitrogens with one attached hydrogen (secondary N) is 1. The largest absolute Gasteiger partial charge is 0.378 e. The van der Waals surface area contributed by atoms with Crippen molar-refractivity contribution < 1.29 is 9.53 Å². The highest BCUT2D eigenvalue weighted by molar-refractivity contribution is 5.99. The minimum atomic E-state index is -0.0237. The van der Waals surface area contributed by atoms with Crippen molar-refractivity contribution >= 4 is 11.6 Å². The molecule has 2 aliphatic heterocycles. The molecule has 1 atom stereocenters. The Balaban J connectivity index is 1.33. The number of aryl methyl sites for hydroxylation is 1. The molecule has 0 radical (unpaired) electrons. The van der Waals surface area contributed by atoms with Gasteiger partial charge >= 0.3 is 0 Å². The Morgan fingerprint density at radius 1 is 0.923 bits per heavy atom. The number of benzene rings is 2. The molecule has 1 N–H and O–H groups in total. The molecule has 2 aromatic heterocycles. The van der Waals surface area contributed by atoms with Gasteiger partial charge in [-0.2, -0.15) is 0 Å². The van der Waals surface area contributed by atoms with Crippen LogP contribution in [-0.4, -0.2) is 77.3 Å². The summed E-state index contributed by atoms with van der Waals surface area (Å²) in [6, 6.07) is 24.6. The van der Waals surface area contributed by atoms with Crippen LogP contribution < -0.4 is 10.2 Å². The first kappa shape index (κ1) is 25.3. The summed E-state index contributed by atoms with van der Waals surface area (Å²) in [7, 11) is 0. The summed E-state index contributed by atoms with van der Waals surface area (Å²) in [5.41, 5.74) is 5.45. The quantitative estimate of drug-likeness (QED) is 0.398. The van der Waals surface area contributed by atoms with Crippen LogP contribution in [0.15, 0.2) is 85.3 Å². The summed E-state index contributed by atoms with van der Waals surface area (Å²) in [5.74, 6) is -0.0237. The minimum absolute atomic E-state index is 0.0237. The number of ether oxygens (including phenoxy) is 1. The summed E-state index contributed by atoms with van der Waals surface area (Å²) >= 11 is 0. The van der Waals surface area contributed by atoms with Crippen molar-refractivity contribution in [3.63, 3.8) is 0 Å². The van der Waals surface area contributed by atoms with Crippen LogP contribution in [0.2, 0.25) is 0 Å². The lowest BCUT2D eigenvalue weighted by atomic mass is 10.0. The van der Waals surface area contributed by atoms with Crippen molar-refractivity contribution in [1.29, 1.82) is 0 Å². The predicted molar refractivity (Wildman–Crippen MR) is 152 cm³/mol. The van der Waals surface area contributed by atoms with Gasteiger partial charge in [-0.15, -0.1) is 0 Å². The summed E-state index contributed by atoms with van der Waals surface area (Å²) in [4.78, 5) is 27.7. The number of anilines is 1. The standard InChI is InChI=1S/C31H34N6O2/c38-31(36-16-15-32-22-28(36)13-12-25-9-4-5-14-33-25)29-30(24-7-2-1-3-8-24)37(23-34-29)27-11-6-10-26(21-27)35-17-19-39-20-18-35/h1-11,14,21,23,28,32H,12-13,15-20,22H2. The molecule has 2 saturated heterocycles. The van der Waals surface area contributed by atoms with E-state index in [1.54, 1.807) is 6.33 Å². The average Bonchev–Trinajstić information content (AvgIpc) is 3.47. The number of morpholine rings is 1. The van der Waals surface area contributed by atoms with Gasteiger partial charge in [-0.3, -0.25) is 14.3 Å². The summed E-state index contributed by atoms with van der Waals surface area (Å²) in [6.45, 7) is 5.39. The van der Waals surface area contributed by atoms with Crippen LogP contribution in [-0.2, 0) is 11.2 Å². The fraction of sp³-hybridized carbons (Fsp3) is 0.323. The van der Waals surface area contributed by atoms with Crippen molar-refractivity contribution in [3.05, 3.63) is 96.7 Å². The zero-order chi connectivity index (χ0) is 26.4. The number of carbonyl (C=O) groups is 1. The second kappa shape index (κ2) is 11.8. The molecule has 6 rings (SSSR count). The van der Waals surface area contributed by atoms with Gasteiger partial charge in [-0.1, -0.05) is 42.5 Å². The van der Waals surface area contributed by atoms with Gasteiger partial charge in [-0.05, 0) is 43.2 Å². The number of hydrogen-bond acceptors (Lipinski definition) is 6. The first-order chi connectivity index (χ1) is 19.3. The van der Waals surface area contributed by atoms with Crippen molar-refractivity contribution in [1.82, 2.24) is 24.8 Å². The normalized spacial score (nSPS) is 17.8. The van der Waals surface area contributed by atoms with Crippen LogP contribution in [0.25, 0.3) is 16.9 Å². The van der Waals surface area contributed by atoms with Gasteiger partial charge in [0.05, 0.1) is 18.9 Å². The zero-order valence-electron chi connectivity index (χ0n) is 22.1. The van der Waals surface area contributed by atoms with Crippen LogP contribution in [0.1, 0.15) is 22.6 Å². The number of rotatable bonds is 7. The van der Waals surface area contributed by atoms with Crippen molar-refractivity contribution in [2.75, 3.05) is 50.8 Å². The highest BCUT2D eigenvalue weighted by Crippen LogP contribution is 2.30. The van der Waals surface area contributed by atoms with Crippen molar-refractivity contribution in [2.24, 2.45) is 0 Å². The number of nitrogens with zero attached hydrogens (tertiary/aromatic N) is 5. The highest BCUT2D eigenvalue weighted by Gasteiger charge is 2.31. The fourth-order valence-corrected chi connectivity index (χ4v) is 5.52. The van der Waals surface area contributed by atoms with Crippen LogP contribution in [0.3, 0.4) is 0 Å². The highest BCUT2D eigenvalue weighted by atomic mass is 16.5. The Bertz CT molecular complexity index is 1380. The molecule has 39 heavy (non-hydrogen) atoms. The number of carbonyl (C=O) groups excluding carboxylic acids is 1. The maximum atomic E-state index is 14.2. The maximum absolute atomic E-state index is 14.2. The second-order valence-corrected chi connectivity index (χ2v) is 10.0. The van der Waals surface area contributed by atoms with E-state index in [2.05, 4.69) is 44.0 Å². The number of amides is 1. The molecule has 2 aromatic carbocycles. The van der Waals surface area contributed by atoms with Gasteiger partial charge in [0.25, 0.3) is 5.91 Å². The molecule has 2 aliphatic rings. The first-order valence-electron chi connectivity index (χ1n) is 13.8. The van der Waals surface area contributed by atoms with Gasteiger partial charge in [0.1, 0.15) is 6.33 Å². The van der Waals surface area contributed by atoms with Gasteiger partial charge in [-0.25, -0.2) is 4.98 Å². The number of piperazine rings is 1. The molecule has 0 aliphatic carbocycles. The Labute approximate surface area is 229 Å². The van der Waals surface area contributed by atoms with E-state index in [0.717, 1.165) is 80.6 Å². The van der Waals surface area contributed by atoms with Crippen LogP contribution in [0.5, 0.6) is 0 Å². The summed E-state index contributed by atoms with van der Waals surface area (Å²) < 4.78 is 7.60. The van der Waals surface area contributed by atoms with E-state index in [4.69, 9.17) is 9.72 Å². The van der Waals surface area contributed by atoms with Crippen molar-refractivity contribution in [2.45, 2.75) is 18.9 Å². The van der Waals surface area contributed by atoms with E-state index in [0.29, 0.717) is 12.2 Å². The van der Waals surface area contributed by atoms with Gasteiger partial charge in [0.15, 0.2) is 5.69 Å². The molecule has 1 amide bonds. The lowest BCUT2D eigenvalue weighted by molar-refractivity contribution is 0.0620. The Hall–Kier alpha value is -4.01. The van der Waals surface area contributed by atoms with E-state index < -0.39 is 0 Å². The number of hydrogen-bond donors (Lipinski definition) is 1. The Morgan fingerprint density at radius 2 is 1.74 bits per heavy atom. The lowest BCUT2D eigenvalue weighted by Gasteiger charge is -2.36. The maximum Gasteiger partial charge on any atom is 0.275 e. The topological polar surface area (TPSA) is 75.5 Å². The third kappa shape index (κ3) is 5.57. The molecular weight excluding hydrogens is 488 g/mol. The fourth-order valence-electron chi connectivity index (χ4n) is 5.52. The van der Waals surface area contributed by atoms with E-state index >= 15 is 0 Å². The Kier molecular flexibility index (Phi) is 7.65. The number of imidazole rings is 1. The SMILES string of the molecule is O=C(c1ncn(-c2cccc(N3CCOCC3)c2)c1-c1ccccc1)N1CCNCC1CCc1ccccn1. The molecule has 0 saturated carbocycles. The average molecular weight is 523 g/mol. The molecular formula is C31H34N6O2. The van der Waals surface area contributed by atoms with E-state index in [1.807, 2.05) is 59.6 Å². The molecule has 4 aromatic rings. The minimum Gasteiger partial charge on any atom is -0.378 e. The third-order valence-corrected chi connectivity index (χ3v) is 7.57. The second-order valence-electron chi connectivity index (χ2n) is 10.0. The van der Waals surface area contributed by atoms with E-state index in [-0.39, 0.29) is 11.9 Å². The molecule has 8 nitrogen and oxygen atoms in total. The van der Waals surface area contributed by atoms with E-state index in [1.165, 1.54) is 0 Å². The lowest BCUT2D eigenvalue weighted by Crippen LogP contribution is -2.54. The third-order valence-electron chi connectivity index (χ3n) is 7.57. The molecule has 200 valence electrons. The first-order valence-corrected chi connectivity index (χ1v) is 13.8. The number of aromatic nitrogens is 3. The van der Waals surface area contributed by atoms with Crippen molar-refractivity contribution in [3.8, 4) is 16.9 Å². The number of pyridine rings is 1. The molecule has 8 heteroatoms. The molecule has 4 heterocycles. The molecule has 0 bridgehead atoms. The van der Waals surface area contributed by atoms with Crippen LogP contribution in [0.4, 0.5) is 5.69 Å². The van der Waals surface area contributed by atoms with E-state index in [9.17, 15) is 4.79 Å². The monoisotopic (exact) mass is 522 g/mol. The summed E-state index contributed by atoms with van der Waals surface area (Å²) in [5, 5.41) is 3.47. The molecule has 1 unspecified atom stereocenters.